The topological polar surface area (TPSA) is 125 Å². The molecule has 0 bridgehead atoms. The van der Waals surface area contributed by atoms with E-state index in [0.29, 0.717) is 12.6 Å². The Kier molecular flexibility index (Phi) is 7.03. The smallest absolute Gasteiger partial charge is 0.405 e. The molecule has 0 saturated heterocycles. The number of nitrogens with zero attached hydrogens (tertiary/aromatic N) is 6. The number of imidazole rings is 1. The average molecular weight is 491 g/mol. The fourth-order valence-corrected chi connectivity index (χ4v) is 4.38. The van der Waals surface area contributed by atoms with Gasteiger partial charge in [0, 0.05) is 37.1 Å². The van der Waals surface area contributed by atoms with Gasteiger partial charge in [0.2, 0.25) is 11.8 Å². The molecule has 186 valence electrons. The van der Waals surface area contributed by atoms with Crippen molar-refractivity contribution in [2.24, 2.45) is 5.92 Å². The minimum Gasteiger partial charge on any atom is -0.405 e. The van der Waals surface area contributed by atoms with Crippen molar-refractivity contribution < 1.29 is 22.8 Å². The molecule has 1 fully saturated rings. The first kappa shape index (κ1) is 24.2. The highest BCUT2D eigenvalue weighted by Crippen LogP contribution is 2.34. The van der Waals surface area contributed by atoms with Crippen molar-refractivity contribution in [1.29, 1.82) is 0 Å². The molecule has 1 aliphatic rings. The van der Waals surface area contributed by atoms with Crippen LogP contribution >= 0.6 is 0 Å². The molecular formula is C22H24F3N7O3. The van der Waals surface area contributed by atoms with Crippen molar-refractivity contribution in [3.8, 4) is 5.75 Å². The predicted octanol–water partition coefficient (Wildman–Crippen LogP) is 4.50. The zero-order chi connectivity index (χ0) is 25.0. The highest BCUT2D eigenvalue weighted by Gasteiger charge is 2.33. The second-order valence-electron chi connectivity index (χ2n) is 8.42. The molecule has 1 aliphatic carbocycles. The van der Waals surface area contributed by atoms with Crippen LogP contribution in [0, 0.1) is 16.0 Å². The quantitative estimate of drug-likeness (QED) is 0.361. The first-order valence-corrected chi connectivity index (χ1v) is 11.0. The van der Waals surface area contributed by atoms with Gasteiger partial charge in [0.25, 0.3) is 0 Å². The standard InChI is InChI=1S/C22H24F3N7O3/c23-22(24,25)35-19-4-2-1-3-16(19)13-31(21-28-11-18(32(33)34)20(26)29-21)12-15-5-7-17(8-6-15)30-10-9-27-14-30/h1-4,9-11,14-15,17H,5-8,12-13H2,(H2,26,28,29). The van der Waals surface area contributed by atoms with E-state index in [2.05, 4.69) is 24.3 Å². The fraction of sp³-hybridized carbons (Fsp3) is 0.409. The van der Waals surface area contributed by atoms with Crippen molar-refractivity contribution >= 4 is 17.5 Å². The van der Waals surface area contributed by atoms with Gasteiger partial charge in [-0.3, -0.25) is 10.1 Å². The van der Waals surface area contributed by atoms with Gasteiger partial charge in [-0.15, -0.1) is 13.2 Å². The number of rotatable bonds is 8. The molecule has 0 atom stereocenters. The van der Waals surface area contributed by atoms with E-state index in [4.69, 9.17) is 5.73 Å². The van der Waals surface area contributed by atoms with Crippen LogP contribution in [-0.4, -0.2) is 37.3 Å². The average Bonchev–Trinajstić information content (AvgIpc) is 3.34. The largest absolute Gasteiger partial charge is 0.573 e. The van der Waals surface area contributed by atoms with Crippen molar-refractivity contribution in [2.45, 2.75) is 44.6 Å². The minimum absolute atomic E-state index is 0.00491. The van der Waals surface area contributed by atoms with Crippen LogP contribution in [0.1, 0.15) is 37.3 Å². The van der Waals surface area contributed by atoms with Crippen molar-refractivity contribution in [1.82, 2.24) is 19.5 Å². The third kappa shape index (κ3) is 6.16. The third-order valence-corrected chi connectivity index (χ3v) is 6.07. The van der Waals surface area contributed by atoms with Crippen LogP contribution in [-0.2, 0) is 6.54 Å². The molecule has 0 radical (unpaired) electrons. The van der Waals surface area contributed by atoms with E-state index in [1.165, 1.54) is 18.2 Å². The van der Waals surface area contributed by atoms with Gasteiger partial charge in [-0.1, -0.05) is 18.2 Å². The first-order chi connectivity index (χ1) is 16.7. The number of nitrogens with two attached hydrogens (primary N) is 1. The first-order valence-electron chi connectivity index (χ1n) is 11.0. The van der Waals surface area contributed by atoms with Gasteiger partial charge in [-0.25, -0.2) is 9.97 Å². The molecule has 35 heavy (non-hydrogen) atoms. The van der Waals surface area contributed by atoms with Gasteiger partial charge >= 0.3 is 12.0 Å². The van der Waals surface area contributed by atoms with Gasteiger partial charge in [-0.05, 0) is 37.7 Å². The summed E-state index contributed by atoms with van der Waals surface area (Å²) in [5.74, 6) is -0.325. The number of para-hydroxylation sites is 1. The number of hydrogen-bond acceptors (Lipinski definition) is 8. The molecule has 1 saturated carbocycles. The van der Waals surface area contributed by atoms with E-state index in [1.807, 2.05) is 6.20 Å². The lowest BCUT2D eigenvalue weighted by Crippen LogP contribution is -2.33. The van der Waals surface area contributed by atoms with Crippen molar-refractivity contribution in [3.63, 3.8) is 0 Å². The summed E-state index contributed by atoms with van der Waals surface area (Å²) < 4.78 is 45.1. The summed E-state index contributed by atoms with van der Waals surface area (Å²) in [6.07, 6.45) is 5.23. The highest BCUT2D eigenvalue weighted by atomic mass is 19.4. The van der Waals surface area contributed by atoms with Gasteiger partial charge in [0.05, 0.1) is 11.3 Å². The lowest BCUT2D eigenvalue weighted by molar-refractivity contribution is -0.384. The van der Waals surface area contributed by atoms with E-state index < -0.39 is 17.0 Å². The van der Waals surface area contributed by atoms with E-state index in [1.54, 1.807) is 23.5 Å². The monoisotopic (exact) mass is 491 g/mol. The Morgan fingerprint density at radius 1 is 1.23 bits per heavy atom. The molecule has 0 spiro atoms. The molecule has 3 aromatic rings. The fourth-order valence-electron chi connectivity index (χ4n) is 4.38. The lowest BCUT2D eigenvalue weighted by Gasteiger charge is -2.33. The zero-order valence-electron chi connectivity index (χ0n) is 18.6. The molecule has 2 heterocycles. The molecule has 13 heteroatoms. The highest BCUT2D eigenvalue weighted by molar-refractivity contribution is 5.54. The maximum absolute atomic E-state index is 12.9. The third-order valence-electron chi connectivity index (χ3n) is 6.07. The van der Waals surface area contributed by atoms with E-state index >= 15 is 0 Å². The minimum atomic E-state index is -4.85. The molecule has 4 rings (SSSR count). The van der Waals surface area contributed by atoms with Crippen LogP contribution in [0.3, 0.4) is 0 Å². The Morgan fingerprint density at radius 2 is 1.97 bits per heavy atom. The molecule has 10 nitrogen and oxygen atoms in total. The van der Waals surface area contributed by atoms with Gasteiger partial charge in [0.15, 0.2) is 0 Å². The number of aromatic nitrogens is 4. The molecule has 0 aliphatic heterocycles. The molecule has 1 aromatic carbocycles. The summed E-state index contributed by atoms with van der Waals surface area (Å²) >= 11 is 0. The summed E-state index contributed by atoms with van der Waals surface area (Å²) in [6.45, 7) is 0.444. The molecular weight excluding hydrogens is 467 g/mol. The van der Waals surface area contributed by atoms with Crippen LogP contribution in [0.25, 0.3) is 0 Å². The Hall–Kier alpha value is -3.90. The Morgan fingerprint density at radius 3 is 2.60 bits per heavy atom. The Labute approximate surface area is 198 Å². The number of nitro groups is 1. The summed E-state index contributed by atoms with van der Waals surface area (Å²) in [7, 11) is 0. The maximum Gasteiger partial charge on any atom is 0.573 e. The zero-order valence-corrected chi connectivity index (χ0v) is 18.6. The van der Waals surface area contributed by atoms with Gasteiger partial charge < -0.3 is 19.9 Å². The number of ether oxygens (including phenoxy) is 1. The molecule has 0 unspecified atom stereocenters. The normalized spacial score (nSPS) is 18.3. The number of benzene rings is 1. The van der Waals surface area contributed by atoms with Crippen LogP contribution in [0.5, 0.6) is 5.75 Å². The van der Waals surface area contributed by atoms with E-state index in [-0.39, 0.29) is 35.5 Å². The maximum atomic E-state index is 12.9. The second kappa shape index (κ2) is 10.2. The number of hydrogen-bond donors (Lipinski definition) is 1. The summed E-state index contributed by atoms with van der Waals surface area (Å²) in [6, 6.07) is 6.17. The predicted molar refractivity (Wildman–Crippen MR) is 120 cm³/mol. The van der Waals surface area contributed by atoms with Crippen LogP contribution in [0.4, 0.5) is 30.6 Å². The number of nitrogen functional groups attached to an aromatic ring is 1. The number of anilines is 2. The van der Waals surface area contributed by atoms with E-state index in [9.17, 15) is 23.3 Å². The second-order valence-corrected chi connectivity index (χ2v) is 8.42. The number of alkyl halides is 3. The van der Waals surface area contributed by atoms with Crippen LogP contribution < -0.4 is 15.4 Å². The Balaban J connectivity index is 1.56. The summed E-state index contributed by atoms with van der Waals surface area (Å²) in [5, 5.41) is 11.1. The van der Waals surface area contributed by atoms with Crippen molar-refractivity contribution in [3.05, 3.63) is 64.9 Å². The van der Waals surface area contributed by atoms with Crippen LogP contribution in [0.2, 0.25) is 0 Å². The summed E-state index contributed by atoms with van der Waals surface area (Å²) in [4.78, 5) is 24.4. The van der Waals surface area contributed by atoms with Gasteiger partial charge in [0.1, 0.15) is 11.9 Å². The van der Waals surface area contributed by atoms with Crippen LogP contribution in [0.15, 0.2) is 49.2 Å². The van der Waals surface area contributed by atoms with Crippen molar-refractivity contribution in [2.75, 3.05) is 17.2 Å². The summed E-state index contributed by atoms with van der Waals surface area (Å²) in [5.41, 5.74) is 5.61. The van der Waals surface area contributed by atoms with Gasteiger partial charge in [-0.2, -0.15) is 4.98 Å². The number of halogens is 3. The lowest BCUT2D eigenvalue weighted by atomic mass is 9.85. The van der Waals surface area contributed by atoms with E-state index in [0.717, 1.165) is 31.9 Å². The Bertz CT molecular complexity index is 1150. The molecule has 2 N–H and O–H groups in total. The molecule has 0 amide bonds. The molecule has 2 aromatic heterocycles. The SMILES string of the molecule is Nc1nc(N(Cc2ccccc2OC(F)(F)F)CC2CCC(n3ccnc3)CC2)ncc1[N+](=O)[O-].